The number of carbonyl (C=O) groups excluding carboxylic acids is 1. The van der Waals surface area contributed by atoms with Gasteiger partial charge in [-0.15, -0.1) is 0 Å². The molecule has 19 heavy (non-hydrogen) atoms. The van der Waals surface area contributed by atoms with Crippen molar-refractivity contribution >= 4 is 16.8 Å². The highest BCUT2D eigenvalue weighted by atomic mass is 19.1. The summed E-state index contributed by atoms with van der Waals surface area (Å²) in [7, 11) is 0. The second-order valence-electron chi connectivity index (χ2n) is 4.45. The van der Waals surface area contributed by atoms with Crippen LogP contribution in [-0.2, 0) is 0 Å². The average Bonchev–Trinajstić information content (AvgIpc) is 2.80. The number of aromatic amines is 1. The molecule has 0 saturated carbocycles. The van der Waals surface area contributed by atoms with Gasteiger partial charge < -0.3 is 4.98 Å². The SMILES string of the molecule is Cc1cc(F)cc(C(=O)c2c[nH]c3ncccc23)c1. The molecule has 3 aromatic rings. The molecule has 0 aliphatic carbocycles. The van der Waals surface area contributed by atoms with Crippen molar-refractivity contribution in [3.63, 3.8) is 0 Å². The molecule has 0 radical (unpaired) electrons. The van der Waals surface area contributed by atoms with Crippen LogP contribution in [0.3, 0.4) is 0 Å². The largest absolute Gasteiger partial charge is 0.345 e. The molecule has 0 fully saturated rings. The van der Waals surface area contributed by atoms with Crippen LogP contribution in [0.1, 0.15) is 21.5 Å². The van der Waals surface area contributed by atoms with Crippen molar-refractivity contribution in [2.45, 2.75) is 6.92 Å². The Balaban J connectivity index is 2.13. The number of H-pyrrole nitrogens is 1. The van der Waals surface area contributed by atoms with Crippen LogP contribution in [0.25, 0.3) is 11.0 Å². The number of hydrogen-bond acceptors (Lipinski definition) is 2. The number of pyridine rings is 1. The number of benzene rings is 1. The van der Waals surface area contributed by atoms with Gasteiger partial charge in [0.25, 0.3) is 0 Å². The molecule has 0 unspecified atom stereocenters. The number of halogens is 1. The van der Waals surface area contributed by atoms with Crippen LogP contribution < -0.4 is 0 Å². The molecule has 0 spiro atoms. The zero-order valence-electron chi connectivity index (χ0n) is 10.3. The first-order valence-electron chi connectivity index (χ1n) is 5.89. The molecule has 4 heteroatoms. The van der Waals surface area contributed by atoms with Gasteiger partial charge in [-0.1, -0.05) is 0 Å². The van der Waals surface area contributed by atoms with E-state index in [2.05, 4.69) is 9.97 Å². The number of hydrogen-bond donors (Lipinski definition) is 1. The van der Waals surface area contributed by atoms with Crippen LogP contribution >= 0.6 is 0 Å². The number of rotatable bonds is 2. The standard InChI is InChI=1S/C15H11FN2O/c1-9-5-10(7-11(16)6-9)14(19)13-8-18-15-12(13)3-2-4-17-15/h2-8H,1H3,(H,17,18). The van der Waals surface area contributed by atoms with Crippen LogP contribution in [-0.4, -0.2) is 15.8 Å². The molecule has 0 atom stereocenters. The molecule has 0 saturated heterocycles. The van der Waals surface area contributed by atoms with E-state index in [1.165, 1.54) is 12.1 Å². The first-order valence-corrected chi connectivity index (χ1v) is 5.89. The predicted octanol–water partition coefficient (Wildman–Crippen LogP) is 3.24. The first kappa shape index (κ1) is 11.6. The Morgan fingerprint density at radius 1 is 1.32 bits per heavy atom. The monoisotopic (exact) mass is 254 g/mol. The summed E-state index contributed by atoms with van der Waals surface area (Å²) in [6.45, 7) is 1.76. The van der Waals surface area contributed by atoms with Crippen LogP contribution in [0.2, 0.25) is 0 Å². The van der Waals surface area contributed by atoms with Gasteiger partial charge in [0.05, 0.1) is 0 Å². The summed E-state index contributed by atoms with van der Waals surface area (Å²) in [5.41, 5.74) is 2.23. The Bertz CT molecular complexity index is 756. The van der Waals surface area contributed by atoms with Crippen molar-refractivity contribution in [2.24, 2.45) is 0 Å². The minimum absolute atomic E-state index is 0.207. The van der Waals surface area contributed by atoms with E-state index in [1.807, 2.05) is 6.07 Å². The van der Waals surface area contributed by atoms with Crippen molar-refractivity contribution in [1.29, 1.82) is 0 Å². The van der Waals surface area contributed by atoms with Crippen LogP contribution in [0.15, 0.2) is 42.7 Å². The topological polar surface area (TPSA) is 45.8 Å². The summed E-state index contributed by atoms with van der Waals surface area (Å²) in [5, 5.41) is 0.745. The fourth-order valence-electron chi connectivity index (χ4n) is 2.17. The maximum Gasteiger partial charge on any atom is 0.195 e. The lowest BCUT2D eigenvalue weighted by atomic mass is 10.0. The van der Waals surface area contributed by atoms with Gasteiger partial charge in [-0.2, -0.15) is 0 Å². The highest BCUT2D eigenvalue weighted by Gasteiger charge is 2.15. The van der Waals surface area contributed by atoms with E-state index in [9.17, 15) is 9.18 Å². The van der Waals surface area contributed by atoms with Gasteiger partial charge in [0, 0.05) is 28.9 Å². The zero-order valence-corrected chi connectivity index (χ0v) is 10.3. The third-order valence-electron chi connectivity index (χ3n) is 3.00. The zero-order chi connectivity index (χ0) is 13.4. The second kappa shape index (κ2) is 4.31. The lowest BCUT2D eigenvalue weighted by Crippen LogP contribution is -2.01. The Morgan fingerprint density at radius 3 is 2.95 bits per heavy atom. The molecule has 3 rings (SSSR count). The number of ketones is 1. The molecule has 0 bridgehead atoms. The third kappa shape index (κ3) is 2.01. The van der Waals surface area contributed by atoms with Gasteiger partial charge in [0.2, 0.25) is 0 Å². The highest BCUT2D eigenvalue weighted by molar-refractivity contribution is 6.15. The van der Waals surface area contributed by atoms with Crippen LogP contribution in [0.4, 0.5) is 4.39 Å². The maximum atomic E-state index is 13.4. The Hall–Kier alpha value is -2.49. The van der Waals surface area contributed by atoms with E-state index in [-0.39, 0.29) is 5.78 Å². The van der Waals surface area contributed by atoms with Crippen molar-refractivity contribution < 1.29 is 9.18 Å². The van der Waals surface area contributed by atoms with E-state index in [0.29, 0.717) is 16.8 Å². The minimum atomic E-state index is -0.402. The molecule has 0 amide bonds. The van der Waals surface area contributed by atoms with Crippen molar-refractivity contribution in [3.8, 4) is 0 Å². The van der Waals surface area contributed by atoms with Crippen LogP contribution in [0, 0.1) is 12.7 Å². The Kier molecular flexibility index (Phi) is 2.63. The van der Waals surface area contributed by atoms with E-state index < -0.39 is 5.82 Å². The molecule has 1 N–H and O–H groups in total. The number of aryl methyl sites for hydroxylation is 1. The lowest BCUT2D eigenvalue weighted by Gasteiger charge is -2.02. The predicted molar refractivity (Wildman–Crippen MR) is 70.7 cm³/mol. The van der Waals surface area contributed by atoms with Gasteiger partial charge >= 0.3 is 0 Å². The van der Waals surface area contributed by atoms with Crippen molar-refractivity contribution in [3.05, 3.63) is 65.2 Å². The van der Waals surface area contributed by atoms with Gasteiger partial charge in [0.1, 0.15) is 11.5 Å². The van der Waals surface area contributed by atoms with Gasteiger partial charge in [-0.05, 0) is 42.8 Å². The van der Waals surface area contributed by atoms with Crippen molar-refractivity contribution in [1.82, 2.24) is 9.97 Å². The summed E-state index contributed by atoms with van der Waals surface area (Å²) < 4.78 is 13.4. The second-order valence-corrected chi connectivity index (χ2v) is 4.45. The fraction of sp³-hybridized carbons (Fsp3) is 0.0667. The number of aromatic nitrogens is 2. The maximum absolute atomic E-state index is 13.4. The molecule has 2 heterocycles. The van der Waals surface area contributed by atoms with Gasteiger partial charge in [0.15, 0.2) is 5.78 Å². The quantitative estimate of drug-likeness (QED) is 0.713. The van der Waals surface area contributed by atoms with E-state index in [1.54, 1.807) is 31.5 Å². The molecular formula is C15H11FN2O. The normalized spacial score (nSPS) is 10.8. The lowest BCUT2D eigenvalue weighted by molar-refractivity contribution is 0.104. The van der Waals surface area contributed by atoms with E-state index >= 15 is 0 Å². The Labute approximate surface area is 109 Å². The molecule has 0 aliphatic rings. The summed E-state index contributed by atoms with van der Waals surface area (Å²) in [4.78, 5) is 19.5. The summed E-state index contributed by atoms with van der Waals surface area (Å²) in [6.07, 6.45) is 3.26. The molecule has 0 aliphatic heterocycles. The third-order valence-corrected chi connectivity index (χ3v) is 3.00. The molecular weight excluding hydrogens is 243 g/mol. The van der Waals surface area contributed by atoms with Crippen molar-refractivity contribution in [2.75, 3.05) is 0 Å². The number of nitrogens with zero attached hydrogens (tertiary/aromatic N) is 1. The van der Waals surface area contributed by atoms with E-state index in [4.69, 9.17) is 0 Å². The summed E-state index contributed by atoms with van der Waals surface area (Å²) in [6, 6.07) is 7.92. The summed E-state index contributed by atoms with van der Waals surface area (Å²) >= 11 is 0. The Morgan fingerprint density at radius 2 is 2.16 bits per heavy atom. The average molecular weight is 254 g/mol. The first-order chi connectivity index (χ1) is 9.15. The van der Waals surface area contributed by atoms with Crippen LogP contribution in [0.5, 0.6) is 0 Å². The number of fused-ring (bicyclic) bond motifs is 1. The minimum Gasteiger partial charge on any atom is -0.345 e. The molecule has 94 valence electrons. The smallest absolute Gasteiger partial charge is 0.195 e. The van der Waals surface area contributed by atoms with Gasteiger partial charge in [-0.3, -0.25) is 4.79 Å². The van der Waals surface area contributed by atoms with Gasteiger partial charge in [-0.25, -0.2) is 9.37 Å². The molecule has 2 aromatic heterocycles. The summed E-state index contributed by atoms with van der Waals surface area (Å²) in [5.74, 6) is -0.608. The highest BCUT2D eigenvalue weighted by Crippen LogP contribution is 2.20. The molecule has 3 nitrogen and oxygen atoms in total. The molecule has 1 aromatic carbocycles. The number of carbonyl (C=O) groups is 1. The van der Waals surface area contributed by atoms with E-state index in [0.717, 1.165) is 10.9 Å². The fourth-order valence-corrected chi connectivity index (χ4v) is 2.17. The number of nitrogens with one attached hydrogen (secondary N) is 1.